The Kier molecular flexibility index (Phi) is 48.7. The van der Waals surface area contributed by atoms with Crippen molar-refractivity contribution in [3.8, 4) is 0 Å². The number of carbonyl (C=O) groups excluding carboxylic acids is 3. The summed E-state index contributed by atoms with van der Waals surface area (Å²) in [5.41, 5.74) is 0. The third-order valence-corrected chi connectivity index (χ3v) is 12.7. The van der Waals surface area contributed by atoms with Crippen LogP contribution in [0.15, 0.2) is 134 Å². The summed E-state index contributed by atoms with van der Waals surface area (Å²) >= 11 is 0. The van der Waals surface area contributed by atoms with E-state index in [0.29, 0.717) is 32.1 Å². The van der Waals surface area contributed by atoms with E-state index in [0.717, 1.165) is 83.5 Å². The first-order chi connectivity index (χ1) is 38.6. The number of carbonyl (C=O) groups is 4. The maximum atomic E-state index is 13.1. The van der Waals surface area contributed by atoms with E-state index in [1.54, 1.807) is 0 Å². The molecule has 0 aromatic rings. The number of aliphatic hydroxyl groups excluding tert-OH is 2. The predicted molar refractivity (Wildman–Crippen MR) is 321 cm³/mol. The molecule has 0 aliphatic carbocycles. The van der Waals surface area contributed by atoms with E-state index in [-0.39, 0.29) is 25.9 Å². The number of carboxylic acid groups (broad SMARTS) is 1. The minimum Gasteiger partial charge on any atom is -0.479 e. The second kappa shape index (κ2) is 53.5. The third-order valence-electron chi connectivity index (χ3n) is 12.7. The van der Waals surface area contributed by atoms with Gasteiger partial charge in [-0.25, -0.2) is 4.79 Å². The first-order valence-corrected chi connectivity index (χ1v) is 30.2. The summed E-state index contributed by atoms with van der Waals surface area (Å²) in [6.45, 7) is 5.67. The van der Waals surface area contributed by atoms with Crippen LogP contribution in [0.4, 0.5) is 0 Å². The smallest absolute Gasteiger partial charge is 0.335 e. The Morgan fingerprint density at radius 3 is 1.25 bits per heavy atom. The fraction of sp³-hybridized carbons (Fsp3) is 0.612. The molecule has 6 atom stereocenters. The number of esters is 3. The molecule has 0 bridgehead atoms. The van der Waals surface area contributed by atoms with Gasteiger partial charge in [0.15, 0.2) is 24.6 Å². The number of hydrogen-bond acceptors (Lipinski definition) is 11. The molecule has 0 amide bonds. The van der Waals surface area contributed by atoms with Crippen LogP contribution in [0.25, 0.3) is 0 Å². The van der Waals surface area contributed by atoms with E-state index < -0.39 is 67.3 Å². The topological polar surface area (TPSA) is 175 Å². The predicted octanol–water partition coefficient (Wildman–Crippen LogP) is 15.8. The highest BCUT2D eigenvalue weighted by Gasteiger charge is 2.50. The number of allylic oxidation sites excluding steroid dienone is 22. The van der Waals surface area contributed by atoms with Gasteiger partial charge in [0, 0.05) is 19.3 Å². The van der Waals surface area contributed by atoms with E-state index in [1.807, 2.05) is 24.3 Å². The Hall–Kier alpha value is -5.14. The standard InChI is InChI=1S/C67H104O12/c1-4-7-10-13-16-19-22-25-27-29-30-32-34-37-40-43-46-49-52-55-61(70)78-65-63(72)62(71)64(66(73)74)79-67(65)76-57-58(77-60(69)54-51-48-45-42-39-35-24-21-18-15-12-9-6-3)56-75-59(68)53-50-47-44-41-38-36-33-31-28-26-23-20-17-14-11-8-5-2/h7-8,10-11,16-17,19-20,25-28,30,32-33,36-37,40-41,44,46,49,58,62-65,67,71-72H,4-6,9,12-15,18,21-24,29,31,34-35,38-39,42-43,45,47-48,50-57H2,1-3H3,(H,73,74)/b10-7-,11-8-,19-16-,20-17-,27-25-,28-26-,32-30-,36-33-,40-37-,44-41-,49-46-. The molecule has 6 unspecified atom stereocenters. The fourth-order valence-corrected chi connectivity index (χ4v) is 8.19. The normalized spacial score (nSPS) is 18.8. The number of ether oxygens (including phenoxy) is 5. The Balaban J connectivity index is 2.77. The fourth-order valence-electron chi connectivity index (χ4n) is 8.19. The third kappa shape index (κ3) is 43.4. The molecule has 12 nitrogen and oxygen atoms in total. The van der Waals surface area contributed by atoms with Crippen LogP contribution in [-0.2, 0) is 42.9 Å². The molecule has 1 aliphatic heterocycles. The van der Waals surface area contributed by atoms with Gasteiger partial charge in [0.1, 0.15) is 18.8 Å². The van der Waals surface area contributed by atoms with Gasteiger partial charge in [-0.15, -0.1) is 0 Å². The Bertz CT molecular complexity index is 1880. The van der Waals surface area contributed by atoms with Gasteiger partial charge < -0.3 is 39.0 Å². The largest absolute Gasteiger partial charge is 0.479 e. The van der Waals surface area contributed by atoms with Gasteiger partial charge in [-0.3, -0.25) is 14.4 Å². The number of rotatable bonds is 49. The van der Waals surface area contributed by atoms with Crippen molar-refractivity contribution in [2.24, 2.45) is 0 Å². The van der Waals surface area contributed by atoms with Crippen LogP contribution in [0.1, 0.15) is 213 Å². The summed E-state index contributed by atoms with van der Waals surface area (Å²) in [4.78, 5) is 51.1. The molecule has 444 valence electrons. The van der Waals surface area contributed by atoms with Crippen molar-refractivity contribution in [1.82, 2.24) is 0 Å². The van der Waals surface area contributed by atoms with Crippen LogP contribution in [-0.4, -0.2) is 89.2 Å². The van der Waals surface area contributed by atoms with Crippen LogP contribution in [0.5, 0.6) is 0 Å². The van der Waals surface area contributed by atoms with Gasteiger partial charge in [-0.2, -0.15) is 0 Å². The van der Waals surface area contributed by atoms with Crippen LogP contribution in [0, 0.1) is 0 Å². The van der Waals surface area contributed by atoms with E-state index in [2.05, 4.69) is 130 Å². The van der Waals surface area contributed by atoms with E-state index in [4.69, 9.17) is 23.7 Å². The van der Waals surface area contributed by atoms with Crippen LogP contribution in [0.3, 0.4) is 0 Å². The summed E-state index contributed by atoms with van der Waals surface area (Å²) < 4.78 is 28.3. The van der Waals surface area contributed by atoms with Gasteiger partial charge in [-0.1, -0.05) is 231 Å². The lowest BCUT2D eigenvalue weighted by Crippen LogP contribution is -2.61. The van der Waals surface area contributed by atoms with Crippen molar-refractivity contribution in [2.45, 2.75) is 250 Å². The zero-order valence-corrected chi connectivity index (χ0v) is 48.8. The highest BCUT2D eigenvalue weighted by molar-refractivity contribution is 5.74. The molecule has 0 radical (unpaired) electrons. The molecule has 0 saturated carbocycles. The van der Waals surface area contributed by atoms with Crippen molar-refractivity contribution in [3.63, 3.8) is 0 Å². The summed E-state index contributed by atoms with van der Waals surface area (Å²) in [6, 6.07) is 0. The van der Waals surface area contributed by atoms with Gasteiger partial charge in [0.25, 0.3) is 0 Å². The lowest BCUT2D eigenvalue weighted by Gasteiger charge is -2.40. The number of aliphatic carboxylic acids is 1. The van der Waals surface area contributed by atoms with Crippen LogP contribution < -0.4 is 0 Å². The Labute approximate surface area is 477 Å². The number of unbranched alkanes of at least 4 members (excludes halogenated alkanes) is 13. The summed E-state index contributed by atoms with van der Waals surface area (Å²) in [7, 11) is 0. The van der Waals surface area contributed by atoms with Gasteiger partial charge in [0.05, 0.1) is 6.61 Å². The van der Waals surface area contributed by atoms with Crippen molar-refractivity contribution in [1.29, 1.82) is 0 Å². The van der Waals surface area contributed by atoms with Crippen LogP contribution >= 0.6 is 0 Å². The summed E-state index contributed by atoms with van der Waals surface area (Å²) in [5, 5.41) is 31.5. The zero-order valence-electron chi connectivity index (χ0n) is 48.8. The molecule has 0 aromatic heterocycles. The molecule has 79 heavy (non-hydrogen) atoms. The highest BCUT2D eigenvalue weighted by atomic mass is 16.7. The maximum absolute atomic E-state index is 13.1. The second-order valence-electron chi connectivity index (χ2n) is 19.9. The molecule has 3 N–H and O–H groups in total. The van der Waals surface area contributed by atoms with E-state index in [9.17, 15) is 34.5 Å². The zero-order chi connectivity index (χ0) is 57.5. The summed E-state index contributed by atoms with van der Waals surface area (Å²) in [5.74, 6) is -3.32. The molecule has 0 aromatic carbocycles. The number of hydrogen-bond donors (Lipinski definition) is 3. The van der Waals surface area contributed by atoms with Crippen molar-refractivity contribution in [3.05, 3.63) is 134 Å². The molecule has 1 aliphatic rings. The number of carboxylic acids is 1. The van der Waals surface area contributed by atoms with E-state index >= 15 is 0 Å². The monoisotopic (exact) mass is 1100 g/mol. The Morgan fingerprint density at radius 1 is 0.430 bits per heavy atom. The highest BCUT2D eigenvalue weighted by Crippen LogP contribution is 2.26. The van der Waals surface area contributed by atoms with Gasteiger partial charge in [-0.05, 0) is 96.3 Å². The maximum Gasteiger partial charge on any atom is 0.335 e. The SMILES string of the molecule is CC/C=C\C/C=C\C/C=C\C/C=C\C/C=C\C/C=C\CCC(=O)OC1C(OCC(COC(=O)CCC/C=C\C/C=C\C/C=C\C/C=C\C/C=C\CC)OC(=O)CCCCCCCCCCCCCCC)OC(C(=O)O)C(O)C1O. The molecule has 1 rings (SSSR count). The van der Waals surface area contributed by atoms with Crippen molar-refractivity contribution in [2.75, 3.05) is 13.2 Å². The van der Waals surface area contributed by atoms with Gasteiger partial charge >= 0.3 is 23.9 Å². The molecule has 12 heteroatoms. The minimum absolute atomic E-state index is 0.0764. The van der Waals surface area contributed by atoms with Crippen molar-refractivity contribution < 1.29 is 58.2 Å². The quantitative estimate of drug-likeness (QED) is 0.0228. The first kappa shape index (κ1) is 71.9. The molecular formula is C67H104O12. The minimum atomic E-state index is -1.94. The molecular weight excluding hydrogens is 997 g/mol. The molecule has 1 heterocycles. The second-order valence-corrected chi connectivity index (χ2v) is 19.9. The average Bonchev–Trinajstić information content (AvgIpc) is 3.46. The summed E-state index contributed by atoms with van der Waals surface area (Å²) in [6.07, 6.45) is 62.9. The Morgan fingerprint density at radius 2 is 0.823 bits per heavy atom. The van der Waals surface area contributed by atoms with E-state index in [1.165, 1.54) is 57.8 Å². The van der Waals surface area contributed by atoms with Gasteiger partial charge in [0.2, 0.25) is 0 Å². The molecule has 1 saturated heterocycles. The van der Waals surface area contributed by atoms with Crippen LogP contribution in [0.2, 0.25) is 0 Å². The van der Waals surface area contributed by atoms with Crippen molar-refractivity contribution >= 4 is 23.9 Å². The number of aliphatic hydroxyl groups is 2. The first-order valence-electron chi connectivity index (χ1n) is 30.2. The molecule has 0 spiro atoms. The lowest BCUT2D eigenvalue weighted by atomic mass is 9.98. The molecule has 1 fully saturated rings. The lowest BCUT2D eigenvalue weighted by molar-refractivity contribution is -0.301. The average molecular weight is 1100 g/mol.